The minimum absolute atomic E-state index is 0.922. The van der Waals surface area contributed by atoms with E-state index in [4.69, 9.17) is 0 Å². The summed E-state index contributed by atoms with van der Waals surface area (Å²) in [7, 11) is 0. The van der Waals surface area contributed by atoms with Crippen molar-refractivity contribution < 1.29 is 4.57 Å². The highest BCUT2D eigenvalue weighted by Crippen LogP contribution is 2.32. The summed E-state index contributed by atoms with van der Waals surface area (Å²) in [5, 5.41) is 1.46. The highest BCUT2D eigenvalue weighted by Gasteiger charge is 2.20. The third-order valence-electron chi connectivity index (χ3n) is 6.16. The molecule has 0 amide bonds. The topological polar surface area (TPSA) is 8.81 Å². The standard InChI is InChI=1S/C26H27N2/c1-20-9-2-3-11-22(20)19-27-16-8-10-21(17-27)18-28-25-14-6-4-12-23(25)24-13-5-7-15-26(24)28/h2-4,6,8-12,14,16-17H,5,7,13,15,18-19H2,1H3/q+1. The summed E-state index contributed by atoms with van der Waals surface area (Å²) >= 11 is 0. The van der Waals surface area contributed by atoms with Gasteiger partial charge >= 0.3 is 0 Å². The number of para-hydroxylation sites is 1. The molecular formula is C26H27N2+. The highest BCUT2D eigenvalue weighted by molar-refractivity contribution is 5.86. The fourth-order valence-electron chi connectivity index (χ4n) is 4.70. The van der Waals surface area contributed by atoms with Crippen LogP contribution in [0.5, 0.6) is 0 Å². The number of aryl methyl sites for hydroxylation is 2. The van der Waals surface area contributed by atoms with Crippen LogP contribution in [-0.4, -0.2) is 4.57 Å². The Morgan fingerprint density at radius 3 is 2.64 bits per heavy atom. The SMILES string of the molecule is Cc1ccccc1C[n+]1cccc(Cn2c3c(c4ccccc42)CCCC3)c1. The summed E-state index contributed by atoms with van der Waals surface area (Å²) in [6, 6.07) is 22.1. The van der Waals surface area contributed by atoms with Gasteiger partial charge in [-0.25, -0.2) is 4.57 Å². The molecule has 0 saturated carbocycles. The van der Waals surface area contributed by atoms with Crippen molar-refractivity contribution in [3.05, 3.63) is 101 Å². The number of pyridine rings is 1. The maximum Gasteiger partial charge on any atom is 0.174 e. The van der Waals surface area contributed by atoms with Crippen molar-refractivity contribution in [2.24, 2.45) is 0 Å². The minimum Gasteiger partial charge on any atom is -0.340 e. The summed E-state index contributed by atoms with van der Waals surface area (Å²) in [6.45, 7) is 4.06. The van der Waals surface area contributed by atoms with E-state index in [1.165, 1.54) is 53.3 Å². The molecule has 0 aliphatic heterocycles. The molecule has 5 rings (SSSR count). The molecule has 1 aliphatic rings. The number of benzene rings is 2. The van der Waals surface area contributed by atoms with Gasteiger partial charge in [0.2, 0.25) is 0 Å². The van der Waals surface area contributed by atoms with E-state index in [1.807, 2.05) is 0 Å². The third kappa shape index (κ3) is 3.13. The first-order chi connectivity index (χ1) is 13.8. The fraction of sp³-hybridized carbons (Fsp3) is 0.269. The van der Waals surface area contributed by atoms with Crippen molar-refractivity contribution in [3.8, 4) is 0 Å². The normalized spacial score (nSPS) is 13.6. The van der Waals surface area contributed by atoms with Crippen molar-refractivity contribution in [1.82, 2.24) is 4.57 Å². The molecule has 0 N–H and O–H groups in total. The van der Waals surface area contributed by atoms with Gasteiger partial charge in [-0.1, -0.05) is 42.5 Å². The van der Waals surface area contributed by atoms with Gasteiger partial charge in [0.1, 0.15) is 0 Å². The summed E-state index contributed by atoms with van der Waals surface area (Å²) < 4.78 is 4.88. The summed E-state index contributed by atoms with van der Waals surface area (Å²) in [6.07, 6.45) is 9.56. The fourth-order valence-corrected chi connectivity index (χ4v) is 4.70. The van der Waals surface area contributed by atoms with Crippen LogP contribution in [0.25, 0.3) is 10.9 Å². The molecule has 2 heterocycles. The summed E-state index contributed by atoms with van der Waals surface area (Å²) in [4.78, 5) is 0. The lowest BCUT2D eigenvalue weighted by molar-refractivity contribution is -0.688. The quantitative estimate of drug-likeness (QED) is 0.438. The molecule has 0 bridgehead atoms. The van der Waals surface area contributed by atoms with Gasteiger partial charge < -0.3 is 4.57 Å². The molecule has 0 radical (unpaired) electrons. The van der Waals surface area contributed by atoms with Gasteiger partial charge in [0.15, 0.2) is 18.9 Å². The zero-order chi connectivity index (χ0) is 18.9. The maximum absolute atomic E-state index is 2.57. The number of nitrogens with zero attached hydrogens (tertiary/aromatic N) is 2. The molecule has 2 aromatic heterocycles. The Kier molecular flexibility index (Phi) is 4.48. The largest absolute Gasteiger partial charge is 0.340 e. The van der Waals surface area contributed by atoms with Gasteiger partial charge in [-0.3, -0.25) is 0 Å². The average Bonchev–Trinajstić information content (AvgIpc) is 3.04. The lowest BCUT2D eigenvalue weighted by Crippen LogP contribution is -2.34. The maximum atomic E-state index is 2.57. The molecule has 0 fully saturated rings. The predicted octanol–water partition coefficient (Wildman–Crippen LogP) is 5.21. The second-order valence-corrected chi connectivity index (χ2v) is 8.05. The van der Waals surface area contributed by atoms with Crippen molar-refractivity contribution >= 4 is 10.9 Å². The predicted molar refractivity (Wildman–Crippen MR) is 115 cm³/mol. The minimum atomic E-state index is 0.922. The van der Waals surface area contributed by atoms with Gasteiger partial charge in [-0.05, 0) is 55.9 Å². The van der Waals surface area contributed by atoms with E-state index in [0.717, 1.165) is 13.1 Å². The Morgan fingerprint density at radius 2 is 1.71 bits per heavy atom. The zero-order valence-electron chi connectivity index (χ0n) is 16.6. The number of aromatic nitrogens is 2. The van der Waals surface area contributed by atoms with Crippen LogP contribution in [0.3, 0.4) is 0 Å². The third-order valence-corrected chi connectivity index (χ3v) is 6.16. The van der Waals surface area contributed by atoms with Crippen LogP contribution in [0.2, 0.25) is 0 Å². The number of fused-ring (bicyclic) bond motifs is 3. The van der Waals surface area contributed by atoms with Crippen LogP contribution in [0.15, 0.2) is 73.1 Å². The van der Waals surface area contributed by atoms with Crippen LogP contribution in [0.1, 0.15) is 40.8 Å². The summed E-state index contributed by atoms with van der Waals surface area (Å²) in [5.74, 6) is 0. The number of hydrogen-bond donors (Lipinski definition) is 0. The molecule has 0 atom stereocenters. The van der Waals surface area contributed by atoms with Gasteiger partial charge in [-0.15, -0.1) is 0 Å². The molecule has 4 aromatic rings. The van der Waals surface area contributed by atoms with Crippen LogP contribution in [-0.2, 0) is 25.9 Å². The van der Waals surface area contributed by atoms with E-state index in [1.54, 1.807) is 11.3 Å². The van der Waals surface area contributed by atoms with Crippen LogP contribution >= 0.6 is 0 Å². The lowest BCUT2D eigenvalue weighted by atomic mass is 9.95. The van der Waals surface area contributed by atoms with Crippen LogP contribution in [0.4, 0.5) is 0 Å². The molecule has 2 heteroatoms. The van der Waals surface area contributed by atoms with Crippen molar-refractivity contribution in [2.45, 2.75) is 45.7 Å². The molecule has 0 unspecified atom stereocenters. The molecule has 140 valence electrons. The van der Waals surface area contributed by atoms with Crippen LogP contribution in [0, 0.1) is 6.92 Å². The number of hydrogen-bond acceptors (Lipinski definition) is 0. The molecule has 0 saturated heterocycles. The second kappa shape index (κ2) is 7.27. The molecular weight excluding hydrogens is 340 g/mol. The molecule has 28 heavy (non-hydrogen) atoms. The Bertz CT molecular complexity index is 1140. The Hall–Kier alpha value is -2.87. The Morgan fingerprint density at radius 1 is 0.893 bits per heavy atom. The highest BCUT2D eigenvalue weighted by atomic mass is 15.0. The first-order valence-electron chi connectivity index (χ1n) is 10.4. The van der Waals surface area contributed by atoms with E-state index < -0.39 is 0 Å². The molecule has 2 aromatic carbocycles. The van der Waals surface area contributed by atoms with Crippen molar-refractivity contribution in [2.75, 3.05) is 0 Å². The second-order valence-electron chi connectivity index (χ2n) is 8.05. The lowest BCUT2D eigenvalue weighted by Gasteiger charge is -2.16. The smallest absolute Gasteiger partial charge is 0.174 e. The molecule has 1 aliphatic carbocycles. The van der Waals surface area contributed by atoms with E-state index in [-0.39, 0.29) is 0 Å². The zero-order valence-corrected chi connectivity index (χ0v) is 16.6. The Balaban J connectivity index is 1.50. The molecule has 0 spiro atoms. The van der Waals surface area contributed by atoms with Gasteiger partial charge in [-0.2, -0.15) is 0 Å². The average molecular weight is 368 g/mol. The van der Waals surface area contributed by atoms with Gasteiger partial charge in [0.05, 0.1) is 6.54 Å². The van der Waals surface area contributed by atoms with Gasteiger partial charge in [0.25, 0.3) is 0 Å². The van der Waals surface area contributed by atoms with Crippen molar-refractivity contribution in [1.29, 1.82) is 0 Å². The van der Waals surface area contributed by atoms with Gasteiger partial charge in [0, 0.05) is 33.8 Å². The van der Waals surface area contributed by atoms with E-state index in [2.05, 4.69) is 89.1 Å². The number of rotatable bonds is 4. The Labute approximate surface area is 167 Å². The monoisotopic (exact) mass is 367 g/mol. The van der Waals surface area contributed by atoms with E-state index in [9.17, 15) is 0 Å². The molecule has 2 nitrogen and oxygen atoms in total. The van der Waals surface area contributed by atoms with E-state index in [0.29, 0.717) is 0 Å². The first kappa shape index (κ1) is 17.2. The van der Waals surface area contributed by atoms with Crippen molar-refractivity contribution in [3.63, 3.8) is 0 Å². The van der Waals surface area contributed by atoms with E-state index >= 15 is 0 Å². The summed E-state index contributed by atoms with van der Waals surface area (Å²) in [5.41, 5.74) is 8.64. The van der Waals surface area contributed by atoms with Crippen LogP contribution < -0.4 is 4.57 Å². The first-order valence-corrected chi connectivity index (χ1v) is 10.4.